The maximum atomic E-state index is 14.1. The number of aromatic nitrogens is 3. The molecule has 0 radical (unpaired) electrons. The third kappa shape index (κ3) is 3.90. The number of pyridine rings is 1. The fourth-order valence-corrected chi connectivity index (χ4v) is 5.13. The largest absolute Gasteiger partial charge is 0.340 e. The highest BCUT2D eigenvalue weighted by Crippen LogP contribution is 2.43. The van der Waals surface area contributed by atoms with Gasteiger partial charge in [-0.2, -0.15) is 0 Å². The van der Waals surface area contributed by atoms with Crippen molar-refractivity contribution in [1.82, 2.24) is 19.9 Å². The van der Waals surface area contributed by atoms with E-state index in [0.717, 1.165) is 0 Å². The molecule has 1 aliphatic rings. The molecule has 0 bridgehead atoms. The second-order valence-electron chi connectivity index (χ2n) is 8.96. The Hall–Kier alpha value is -4.91. The third-order valence-electron chi connectivity index (χ3n) is 6.82. The van der Waals surface area contributed by atoms with Crippen molar-refractivity contribution in [3.8, 4) is 0 Å². The van der Waals surface area contributed by atoms with Gasteiger partial charge in [-0.15, -0.1) is 0 Å². The Kier molecular flexibility index (Phi) is 5.65. The predicted octanol–water partition coefficient (Wildman–Crippen LogP) is 4.63. The van der Waals surface area contributed by atoms with E-state index in [2.05, 4.69) is 10.3 Å². The lowest BCUT2D eigenvalue weighted by atomic mass is 9.74. The van der Waals surface area contributed by atoms with Gasteiger partial charge in [-0.3, -0.25) is 23.9 Å². The smallest absolute Gasteiger partial charge is 0.255 e. The Balaban J connectivity index is 1.57. The lowest BCUT2D eigenvalue weighted by Gasteiger charge is -2.37. The molecule has 3 atom stereocenters. The number of ketones is 1. The molecular formula is C30H22N4O3. The summed E-state index contributed by atoms with van der Waals surface area (Å²) in [4.78, 5) is 50.5. The molecule has 3 heterocycles. The van der Waals surface area contributed by atoms with Crippen LogP contribution in [0.5, 0.6) is 0 Å². The van der Waals surface area contributed by atoms with Gasteiger partial charge < -0.3 is 5.32 Å². The SMILES string of the molecule is O=C(N[C@@H]1C(=O)n2c(nc3ccccc32)[C@@H](C(=O)c2ccccc2)[C@@H]1c1ccncc1)c1ccccc1. The Labute approximate surface area is 212 Å². The molecule has 5 aromatic rings. The van der Waals surface area contributed by atoms with Gasteiger partial charge in [0.1, 0.15) is 11.9 Å². The van der Waals surface area contributed by atoms with Crippen LogP contribution in [0.15, 0.2) is 109 Å². The van der Waals surface area contributed by atoms with Crippen LogP contribution >= 0.6 is 0 Å². The van der Waals surface area contributed by atoms with Crippen LogP contribution in [-0.4, -0.2) is 38.2 Å². The van der Waals surface area contributed by atoms with E-state index in [4.69, 9.17) is 4.98 Å². The predicted molar refractivity (Wildman–Crippen MR) is 139 cm³/mol. The van der Waals surface area contributed by atoms with Gasteiger partial charge in [0.05, 0.1) is 17.0 Å². The molecule has 0 saturated heterocycles. The zero-order valence-electron chi connectivity index (χ0n) is 19.7. The second-order valence-corrected chi connectivity index (χ2v) is 8.96. The molecule has 0 fully saturated rings. The fraction of sp³-hybridized carbons (Fsp3) is 0.100. The molecule has 3 aromatic carbocycles. The number of rotatable bonds is 5. The van der Waals surface area contributed by atoms with Gasteiger partial charge in [0.15, 0.2) is 5.78 Å². The topological polar surface area (TPSA) is 94.0 Å². The summed E-state index contributed by atoms with van der Waals surface area (Å²) < 4.78 is 1.49. The minimum Gasteiger partial charge on any atom is -0.340 e. The van der Waals surface area contributed by atoms with Crippen LogP contribution < -0.4 is 5.32 Å². The zero-order chi connectivity index (χ0) is 25.4. The van der Waals surface area contributed by atoms with Crippen molar-refractivity contribution in [3.05, 3.63) is 132 Å². The van der Waals surface area contributed by atoms with Gasteiger partial charge in [0, 0.05) is 29.4 Å². The third-order valence-corrected chi connectivity index (χ3v) is 6.82. The van der Waals surface area contributed by atoms with E-state index in [0.29, 0.717) is 33.5 Å². The molecular weight excluding hydrogens is 464 g/mol. The number of nitrogens with zero attached hydrogens (tertiary/aromatic N) is 3. The second kappa shape index (κ2) is 9.28. The molecule has 0 aliphatic carbocycles. The van der Waals surface area contributed by atoms with Gasteiger partial charge in [0.25, 0.3) is 11.8 Å². The average Bonchev–Trinajstić information content (AvgIpc) is 3.35. The van der Waals surface area contributed by atoms with Crippen LogP contribution in [0, 0.1) is 0 Å². The van der Waals surface area contributed by atoms with Crippen LogP contribution in [0.3, 0.4) is 0 Å². The van der Waals surface area contributed by atoms with E-state index in [1.165, 1.54) is 4.57 Å². The number of fused-ring (bicyclic) bond motifs is 3. The van der Waals surface area contributed by atoms with Crippen molar-refractivity contribution in [2.45, 2.75) is 17.9 Å². The van der Waals surface area contributed by atoms with Crippen molar-refractivity contribution >= 4 is 28.6 Å². The van der Waals surface area contributed by atoms with Crippen LogP contribution in [-0.2, 0) is 0 Å². The van der Waals surface area contributed by atoms with Crippen molar-refractivity contribution in [3.63, 3.8) is 0 Å². The van der Waals surface area contributed by atoms with E-state index in [1.807, 2.05) is 30.3 Å². The van der Waals surface area contributed by atoms with Crippen molar-refractivity contribution in [2.24, 2.45) is 0 Å². The number of carbonyl (C=O) groups excluding carboxylic acids is 3. The molecule has 6 rings (SSSR count). The van der Waals surface area contributed by atoms with Crippen LogP contribution in [0.25, 0.3) is 11.0 Å². The number of benzene rings is 3. The number of imidazole rings is 1. The first-order valence-electron chi connectivity index (χ1n) is 12.0. The zero-order valence-corrected chi connectivity index (χ0v) is 19.7. The van der Waals surface area contributed by atoms with Crippen LogP contribution in [0.2, 0.25) is 0 Å². The maximum Gasteiger partial charge on any atom is 0.255 e. The number of nitrogens with one attached hydrogen (secondary N) is 1. The van der Waals surface area contributed by atoms with Gasteiger partial charge in [-0.05, 0) is 42.0 Å². The molecule has 7 heteroatoms. The Morgan fingerprint density at radius 3 is 2.08 bits per heavy atom. The molecule has 0 unspecified atom stereocenters. The lowest BCUT2D eigenvalue weighted by Crippen LogP contribution is -2.53. The van der Waals surface area contributed by atoms with Gasteiger partial charge >= 0.3 is 0 Å². The summed E-state index contributed by atoms with van der Waals surface area (Å²) in [5.74, 6) is -2.06. The molecule has 1 amide bonds. The first-order chi connectivity index (χ1) is 18.1. The number of amides is 1. The molecule has 1 aliphatic heterocycles. The maximum absolute atomic E-state index is 14.1. The number of hydrogen-bond acceptors (Lipinski definition) is 5. The fourth-order valence-electron chi connectivity index (χ4n) is 5.13. The molecule has 2 aromatic heterocycles. The Morgan fingerprint density at radius 2 is 1.38 bits per heavy atom. The normalized spacial score (nSPS) is 18.8. The molecule has 37 heavy (non-hydrogen) atoms. The van der Waals surface area contributed by atoms with Crippen molar-refractivity contribution in [2.75, 3.05) is 0 Å². The summed E-state index contributed by atoms with van der Waals surface area (Å²) in [6.45, 7) is 0. The highest BCUT2D eigenvalue weighted by molar-refractivity contribution is 6.07. The summed E-state index contributed by atoms with van der Waals surface area (Å²) in [5.41, 5.74) is 2.86. The summed E-state index contributed by atoms with van der Waals surface area (Å²) in [6, 6.07) is 27.5. The van der Waals surface area contributed by atoms with E-state index >= 15 is 0 Å². The molecule has 180 valence electrons. The monoisotopic (exact) mass is 486 g/mol. The van der Waals surface area contributed by atoms with Crippen LogP contribution in [0.1, 0.15) is 48.7 Å². The van der Waals surface area contributed by atoms with E-state index in [-0.39, 0.29) is 11.7 Å². The van der Waals surface area contributed by atoms with E-state index < -0.39 is 23.8 Å². The minimum atomic E-state index is -1.02. The molecule has 7 nitrogen and oxygen atoms in total. The summed E-state index contributed by atoms with van der Waals surface area (Å²) in [7, 11) is 0. The summed E-state index contributed by atoms with van der Waals surface area (Å²) in [6.07, 6.45) is 3.25. The van der Waals surface area contributed by atoms with Gasteiger partial charge in [-0.1, -0.05) is 60.7 Å². The summed E-state index contributed by atoms with van der Waals surface area (Å²) >= 11 is 0. The lowest BCUT2D eigenvalue weighted by molar-refractivity contribution is 0.0727. The van der Waals surface area contributed by atoms with Crippen LogP contribution in [0.4, 0.5) is 0 Å². The summed E-state index contributed by atoms with van der Waals surface area (Å²) in [5, 5.41) is 2.96. The van der Waals surface area contributed by atoms with Crippen molar-refractivity contribution < 1.29 is 14.4 Å². The quantitative estimate of drug-likeness (QED) is 0.366. The van der Waals surface area contributed by atoms with E-state index in [9.17, 15) is 14.4 Å². The molecule has 0 spiro atoms. The first-order valence-corrected chi connectivity index (χ1v) is 12.0. The van der Waals surface area contributed by atoms with Gasteiger partial charge in [-0.25, -0.2) is 4.98 Å². The Bertz CT molecular complexity index is 1610. The minimum absolute atomic E-state index is 0.176. The van der Waals surface area contributed by atoms with E-state index in [1.54, 1.807) is 79.1 Å². The highest BCUT2D eigenvalue weighted by atomic mass is 16.2. The number of para-hydroxylation sites is 2. The van der Waals surface area contributed by atoms with Gasteiger partial charge in [0.2, 0.25) is 0 Å². The molecule has 0 saturated carbocycles. The number of Topliss-reactive ketones (excluding diaryl/α,β-unsaturated/α-hetero) is 1. The first kappa shape index (κ1) is 22.5. The molecule has 1 N–H and O–H groups in total. The standard InChI is InChI=1S/C30H22N4O3/c35-27(20-9-3-1-4-10-20)25-24(19-15-17-31-18-16-19)26(33-29(36)21-11-5-2-6-12-21)30(37)34-23-14-8-7-13-22(23)32-28(25)34/h1-18,24-26H,(H,33,36)/t24-,25+,26-/m0/s1. The average molecular weight is 487 g/mol. The highest BCUT2D eigenvalue weighted by Gasteiger charge is 2.49. The Morgan fingerprint density at radius 1 is 0.757 bits per heavy atom. The number of carbonyl (C=O) groups is 3. The van der Waals surface area contributed by atoms with Crippen molar-refractivity contribution in [1.29, 1.82) is 0 Å². The number of hydrogen-bond donors (Lipinski definition) is 1.